The summed E-state index contributed by atoms with van der Waals surface area (Å²) >= 11 is 0. The van der Waals surface area contributed by atoms with Crippen LogP contribution in [0.4, 0.5) is 4.79 Å². The van der Waals surface area contributed by atoms with Gasteiger partial charge in [-0.25, -0.2) is 9.78 Å². The van der Waals surface area contributed by atoms with Gasteiger partial charge < -0.3 is 15.7 Å². The molecule has 7 heteroatoms. The topological polar surface area (TPSA) is 92.1 Å². The molecule has 1 aromatic heterocycles. The molecule has 0 fully saturated rings. The number of hydrogen-bond donors (Lipinski definition) is 3. The van der Waals surface area contributed by atoms with Gasteiger partial charge in [-0.05, 0) is 12.8 Å². The van der Waals surface area contributed by atoms with Crippen LogP contribution in [0.15, 0.2) is 6.33 Å². The minimum atomic E-state index is -0.906. The normalized spacial score (nSPS) is 15.6. The first-order valence-corrected chi connectivity index (χ1v) is 6.43. The Morgan fingerprint density at radius 3 is 2.79 bits per heavy atom. The van der Waals surface area contributed by atoms with Gasteiger partial charge in [-0.3, -0.25) is 4.68 Å². The molecule has 2 atom stereocenters. The van der Waals surface area contributed by atoms with Crippen LogP contribution >= 0.6 is 0 Å². The monoisotopic (exact) mass is 269 g/mol. The molecule has 0 aliphatic carbocycles. The average molecular weight is 269 g/mol. The number of nitrogens with zero attached hydrogens (tertiary/aromatic N) is 3. The maximum absolute atomic E-state index is 11.6. The molecule has 2 unspecified atom stereocenters. The Labute approximate surface area is 113 Å². The number of aromatic nitrogens is 3. The van der Waals surface area contributed by atoms with Gasteiger partial charge in [0.05, 0.1) is 12.1 Å². The molecule has 0 bridgehead atoms. The van der Waals surface area contributed by atoms with Crippen LogP contribution in [-0.2, 0) is 13.6 Å². The summed E-state index contributed by atoms with van der Waals surface area (Å²) in [6, 6.07) is -0.327. The van der Waals surface area contributed by atoms with Crippen LogP contribution in [0.3, 0.4) is 0 Å². The molecule has 2 amide bonds. The fourth-order valence-electron chi connectivity index (χ4n) is 1.58. The fourth-order valence-corrected chi connectivity index (χ4v) is 1.58. The lowest BCUT2D eigenvalue weighted by atomic mass is 9.89. The van der Waals surface area contributed by atoms with Gasteiger partial charge in [-0.2, -0.15) is 5.10 Å². The zero-order chi connectivity index (χ0) is 14.5. The highest BCUT2D eigenvalue weighted by Crippen LogP contribution is 2.18. The second-order valence-corrected chi connectivity index (χ2v) is 5.00. The van der Waals surface area contributed by atoms with E-state index in [1.165, 1.54) is 6.33 Å². The Bertz CT molecular complexity index is 416. The predicted molar refractivity (Wildman–Crippen MR) is 71.3 cm³/mol. The molecule has 0 radical (unpaired) electrons. The van der Waals surface area contributed by atoms with Gasteiger partial charge in [0.1, 0.15) is 12.2 Å². The van der Waals surface area contributed by atoms with E-state index < -0.39 is 5.60 Å². The second-order valence-electron chi connectivity index (χ2n) is 5.00. The minimum absolute atomic E-state index is 0.117. The van der Waals surface area contributed by atoms with E-state index in [0.29, 0.717) is 12.4 Å². The van der Waals surface area contributed by atoms with Gasteiger partial charge in [0.25, 0.3) is 0 Å². The Kier molecular flexibility index (Phi) is 5.29. The van der Waals surface area contributed by atoms with Crippen molar-refractivity contribution in [3.8, 4) is 0 Å². The summed E-state index contributed by atoms with van der Waals surface area (Å²) in [6.45, 7) is 6.21. The van der Waals surface area contributed by atoms with Crippen molar-refractivity contribution in [1.82, 2.24) is 25.4 Å². The molecule has 7 nitrogen and oxygen atoms in total. The first kappa shape index (κ1) is 15.4. The van der Waals surface area contributed by atoms with Gasteiger partial charge in [0, 0.05) is 13.6 Å². The molecule has 0 saturated carbocycles. The van der Waals surface area contributed by atoms with E-state index in [-0.39, 0.29) is 18.5 Å². The van der Waals surface area contributed by atoms with Crippen molar-refractivity contribution < 1.29 is 9.90 Å². The van der Waals surface area contributed by atoms with Crippen LogP contribution in [0.1, 0.15) is 33.0 Å². The van der Waals surface area contributed by atoms with E-state index in [0.717, 1.165) is 6.42 Å². The van der Waals surface area contributed by atoms with Gasteiger partial charge in [0.15, 0.2) is 0 Å². The van der Waals surface area contributed by atoms with E-state index >= 15 is 0 Å². The number of carbonyl (C=O) groups is 1. The van der Waals surface area contributed by atoms with Crippen molar-refractivity contribution in [2.75, 3.05) is 6.54 Å². The third-order valence-corrected chi connectivity index (χ3v) is 3.49. The van der Waals surface area contributed by atoms with Crippen molar-refractivity contribution in [2.24, 2.45) is 13.0 Å². The van der Waals surface area contributed by atoms with E-state index in [2.05, 4.69) is 20.7 Å². The molecule has 1 aromatic rings. The van der Waals surface area contributed by atoms with Gasteiger partial charge in [0.2, 0.25) is 0 Å². The summed E-state index contributed by atoms with van der Waals surface area (Å²) in [5, 5.41) is 19.4. The van der Waals surface area contributed by atoms with Crippen LogP contribution < -0.4 is 10.6 Å². The minimum Gasteiger partial charge on any atom is -0.388 e. The van der Waals surface area contributed by atoms with Gasteiger partial charge >= 0.3 is 6.03 Å². The smallest absolute Gasteiger partial charge is 0.315 e. The van der Waals surface area contributed by atoms with E-state index in [9.17, 15) is 9.90 Å². The third kappa shape index (κ3) is 4.51. The van der Waals surface area contributed by atoms with Crippen molar-refractivity contribution in [3.05, 3.63) is 12.2 Å². The number of rotatable bonds is 6. The SMILES string of the molecule is CCC(C)C(C)(O)CNC(=O)NCc1ncnn1C. The van der Waals surface area contributed by atoms with Crippen molar-refractivity contribution in [1.29, 1.82) is 0 Å². The zero-order valence-electron chi connectivity index (χ0n) is 12.0. The number of hydrogen-bond acceptors (Lipinski definition) is 4. The van der Waals surface area contributed by atoms with Crippen LogP contribution in [0.25, 0.3) is 0 Å². The lowest BCUT2D eigenvalue weighted by molar-refractivity contribution is 0.00790. The van der Waals surface area contributed by atoms with Crippen molar-refractivity contribution in [2.45, 2.75) is 39.3 Å². The molecule has 0 saturated heterocycles. The third-order valence-electron chi connectivity index (χ3n) is 3.49. The molecule has 0 aromatic carbocycles. The molecule has 108 valence electrons. The highest BCUT2D eigenvalue weighted by atomic mass is 16.3. The van der Waals surface area contributed by atoms with Crippen LogP contribution in [-0.4, -0.2) is 38.0 Å². The molecular formula is C12H23N5O2. The lowest BCUT2D eigenvalue weighted by Crippen LogP contribution is -2.47. The number of amides is 2. The summed E-state index contributed by atoms with van der Waals surface area (Å²) in [4.78, 5) is 15.6. The number of nitrogens with one attached hydrogen (secondary N) is 2. The maximum Gasteiger partial charge on any atom is 0.315 e. The summed E-state index contributed by atoms with van der Waals surface area (Å²) in [6.07, 6.45) is 2.29. The first-order chi connectivity index (χ1) is 8.86. The second kappa shape index (κ2) is 6.51. The number of aliphatic hydroxyl groups is 1. The quantitative estimate of drug-likeness (QED) is 0.697. The summed E-state index contributed by atoms with van der Waals surface area (Å²) in [5.74, 6) is 0.787. The zero-order valence-corrected chi connectivity index (χ0v) is 12.0. The Hall–Kier alpha value is -1.63. The summed E-state index contributed by atoms with van der Waals surface area (Å²) in [5.41, 5.74) is -0.906. The number of carbonyl (C=O) groups excluding carboxylic acids is 1. The summed E-state index contributed by atoms with van der Waals surface area (Å²) < 4.78 is 1.59. The Morgan fingerprint density at radius 1 is 1.58 bits per heavy atom. The highest BCUT2D eigenvalue weighted by Gasteiger charge is 2.27. The van der Waals surface area contributed by atoms with Crippen LogP contribution in [0.5, 0.6) is 0 Å². The highest BCUT2D eigenvalue weighted by molar-refractivity contribution is 5.73. The molecule has 0 aliphatic rings. The molecule has 1 rings (SSSR count). The molecule has 1 heterocycles. The molecule has 19 heavy (non-hydrogen) atoms. The fraction of sp³-hybridized carbons (Fsp3) is 0.750. The number of urea groups is 1. The molecule has 0 spiro atoms. The Morgan fingerprint density at radius 2 is 2.26 bits per heavy atom. The van der Waals surface area contributed by atoms with Gasteiger partial charge in [-0.15, -0.1) is 0 Å². The van der Waals surface area contributed by atoms with E-state index in [1.54, 1.807) is 18.7 Å². The largest absolute Gasteiger partial charge is 0.388 e. The van der Waals surface area contributed by atoms with E-state index in [4.69, 9.17) is 0 Å². The molecular weight excluding hydrogens is 246 g/mol. The van der Waals surface area contributed by atoms with Crippen molar-refractivity contribution in [3.63, 3.8) is 0 Å². The van der Waals surface area contributed by atoms with Crippen LogP contribution in [0.2, 0.25) is 0 Å². The standard InChI is InChI=1S/C12H23N5O2/c1-5-9(2)12(3,19)7-14-11(18)13-6-10-15-8-16-17(10)4/h8-9,19H,5-7H2,1-4H3,(H2,13,14,18). The predicted octanol–water partition coefficient (Wildman–Crippen LogP) is 0.411. The lowest BCUT2D eigenvalue weighted by Gasteiger charge is -2.29. The first-order valence-electron chi connectivity index (χ1n) is 6.43. The van der Waals surface area contributed by atoms with Gasteiger partial charge in [-0.1, -0.05) is 20.3 Å². The van der Waals surface area contributed by atoms with E-state index in [1.807, 2.05) is 13.8 Å². The maximum atomic E-state index is 11.6. The molecule has 3 N–H and O–H groups in total. The molecule has 0 aliphatic heterocycles. The average Bonchev–Trinajstić information content (AvgIpc) is 2.78. The van der Waals surface area contributed by atoms with Crippen molar-refractivity contribution >= 4 is 6.03 Å². The summed E-state index contributed by atoms with van der Waals surface area (Å²) in [7, 11) is 1.76. The Balaban J connectivity index is 2.34. The van der Waals surface area contributed by atoms with Crippen LogP contribution in [0, 0.1) is 5.92 Å². The number of aryl methyl sites for hydroxylation is 1.